The summed E-state index contributed by atoms with van der Waals surface area (Å²) < 4.78 is 27.2. The summed E-state index contributed by atoms with van der Waals surface area (Å²) in [5, 5.41) is 4.72. The highest BCUT2D eigenvalue weighted by atomic mass is 19.1. The largest absolute Gasteiger partial charge is 0.322 e. The highest BCUT2D eigenvalue weighted by Gasteiger charge is 2.39. The second-order valence-electron chi connectivity index (χ2n) is 7.07. The van der Waals surface area contributed by atoms with Crippen LogP contribution in [0.25, 0.3) is 0 Å². The van der Waals surface area contributed by atoms with Crippen LogP contribution in [0.3, 0.4) is 0 Å². The molecular formula is C22H15F2N3O4. The second-order valence-corrected chi connectivity index (χ2v) is 7.07. The van der Waals surface area contributed by atoms with Crippen LogP contribution in [-0.4, -0.2) is 34.6 Å². The summed E-state index contributed by atoms with van der Waals surface area (Å²) in [4.78, 5) is 49.5. The highest BCUT2D eigenvalue weighted by molar-refractivity contribution is 6.07. The lowest BCUT2D eigenvalue weighted by Crippen LogP contribution is -2.52. The smallest absolute Gasteiger partial charge is 0.300 e. The third kappa shape index (κ3) is 4.00. The number of hydrogen-bond acceptors (Lipinski definition) is 4. The van der Waals surface area contributed by atoms with Crippen molar-refractivity contribution in [2.75, 3.05) is 5.32 Å². The summed E-state index contributed by atoms with van der Waals surface area (Å²) >= 11 is 0. The Hall–Kier alpha value is -4.06. The summed E-state index contributed by atoms with van der Waals surface area (Å²) in [5.41, 5.74) is 0.824. The number of anilines is 1. The van der Waals surface area contributed by atoms with Gasteiger partial charge in [0.05, 0.1) is 5.56 Å². The fraction of sp³-hybridized carbons (Fsp3) is 0.182. The summed E-state index contributed by atoms with van der Waals surface area (Å²) in [6.07, 6.45) is 0.398. The molecule has 2 heterocycles. The van der Waals surface area contributed by atoms with Gasteiger partial charge in [-0.25, -0.2) is 8.78 Å². The minimum absolute atomic E-state index is 0.149. The third-order valence-corrected chi connectivity index (χ3v) is 5.05. The van der Waals surface area contributed by atoms with Crippen molar-refractivity contribution >= 4 is 29.3 Å². The van der Waals surface area contributed by atoms with Crippen LogP contribution >= 0.6 is 0 Å². The quantitative estimate of drug-likeness (QED) is 0.568. The number of fused-ring (bicyclic) bond motifs is 1. The Balaban J connectivity index is 1.48. The van der Waals surface area contributed by atoms with Crippen molar-refractivity contribution in [1.29, 1.82) is 0 Å². The summed E-state index contributed by atoms with van der Waals surface area (Å²) in [6.45, 7) is 0.149. The van der Waals surface area contributed by atoms with Crippen LogP contribution in [0.4, 0.5) is 14.5 Å². The van der Waals surface area contributed by atoms with E-state index in [2.05, 4.69) is 22.5 Å². The van der Waals surface area contributed by atoms with E-state index >= 15 is 0 Å². The summed E-state index contributed by atoms with van der Waals surface area (Å²) in [7, 11) is 0. The van der Waals surface area contributed by atoms with Gasteiger partial charge in [0.15, 0.2) is 0 Å². The van der Waals surface area contributed by atoms with Crippen LogP contribution in [0.1, 0.15) is 34.3 Å². The van der Waals surface area contributed by atoms with Crippen molar-refractivity contribution in [3.8, 4) is 11.8 Å². The molecule has 1 saturated heterocycles. The predicted octanol–water partition coefficient (Wildman–Crippen LogP) is 1.72. The molecule has 9 heteroatoms. The Morgan fingerprint density at radius 1 is 1.13 bits per heavy atom. The molecule has 4 rings (SSSR count). The van der Waals surface area contributed by atoms with E-state index in [4.69, 9.17) is 0 Å². The molecule has 0 radical (unpaired) electrons. The maximum Gasteiger partial charge on any atom is 0.300 e. The molecule has 0 aromatic heterocycles. The molecule has 1 unspecified atom stereocenters. The Bertz CT molecular complexity index is 1180. The standard InChI is InChI=1S/C22H15F2N3O4/c23-16-2-1-3-17(24)15(16)6-8-19(28)25-13-4-5-14-12(10-13)11-27(22(14)31)18-7-9-20(29)26-21(18)30/h1-5,10,18H,7,9,11H2,(H,25,28)(H,26,29,30). The Kier molecular flexibility index (Phi) is 5.21. The second kappa shape index (κ2) is 7.99. The molecule has 2 aliphatic heterocycles. The summed E-state index contributed by atoms with van der Waals surface area (Å²) in [6, 6.07) is 7.12. The maximum atomic E-state index is 13.6. The highest BCUT2D eigenvalue weighted by Crippen LogP contribution is 2.29. The summed E-state index contributed by atoms with van der Waals surface area (Å²) in [5.74, 6) is 0.565. The van der Waals surface area contributed by atoms with Crippen LogP contribution in [0, 0.1) is 23.5 Å². The van der Waals surface area contributed by atoms with Gasteiger partial charge >= 0.3 is 5.91 Å². The number of imide groups is 1. The fourth-order valence-electron chi connectivity index (χ4n) is 3.55. The van der Waals surface area contributed by atoms with Crippen molar-refractivity contribution in [1.82, 2.24) is 10.2 Å². The van der Waals surface area contributed by atoms with E-state index in [1.807, 2.05) is 0 Å². The molecule has 2 N–H and O–H groups in total. The molecule has 1 fully saturated rings. The van der Waals surface area contributed by atoms with Gasteiger partial charge < -0.3 is 10.2 Å². The number of benzene rings is 2. The topological polar surface area (TPSA) is 95.6 Å². The van der Waals surface area contributed by atoms with Crippen LogP contribution in [0.2, 0.25) is 0 Å². The monoisotopic (exact) mass is 423 g/mol. The van der Waals surface area contributed by atoms with Crippen molar-refractivity contribution in [3.63, 3.8) is 0 Å². The van der Waals surface area contributed by atoms with Gasteiger partial charge in [0.2, 0.25) is 11.8 Å². The third-order valence-electron chi connectivity index (χ3n) is 5.05. The zero-order valence-electron chi connectivity index (χ0n) is 16.0. The molecule has 4 amide bonds. The molecule has 0 bridgehead atoms. The van der Waals surface area contributed by atoms with Gasteiger partial charge in [-0.1, -0.05) is 12.0 Å². The van der Waals surface area contributed by atoms with E-state index in [0.29, 0.717) is 16.8 Å². The molecule has 0 aliphatic carbocycles. The van der Waals surface area contributed by atoms with Gasteiger partial charge in [-0.2, -0.15) is 0 Å². The first-order valence-corrected chi connectivity index (χ1v) is 9.38. The number of amides is 4. The molecule has 31 heavy (non-hydrogen) atoms. The van der Waals surface area contributed by atoms with Crippen molar-refractivity contribution in [2.24, 2.45) is 0 Å². The molecule has 0 spiro atoms. The van der Waals surface area contributed by atoms with E-state index in [-0.39, 0.29) is 31.2 Å². The van der Waals surface area contributed by atoms with Crippen molar-refractivity contribution in [3.05, 3.63) is 64.7 Å². The molecule has 7 nitrogen and oxygen atoms in total. The number of carbonyl (C=O) groups is 4. The predicted molar refractivity (Wildman–Crippen MR) is 104 cm³/mol. The minimum Gasteiger partial charge on any atom is -0.322 e. The number of hydrogen-bond donors (Lipinski definition) is 2. The molecule has 0 saturated carbocycles. The first kappa shape index (κ1) is 20.2. The molecule has 156 valence electrons. The van der Waals surface area contributed by atoms with E-state index in [0.717, 1.165) is 12.1 Å². The van der Waals surface area contributed by atoms with E-state index in [9.17, 15) is 28.0 Å². The first-order valence-electron chi connectivity index (χ1n) is 9.38. The van der Waals surface area contributed by atoms with Crippen LogP contribution in [-0.2, 0) is 20.9 Å². The van der Waals surface area contributed by atoms with E-state index in [1.54, 1.807) is 6.07 Å². The lowest BCUT2D eigenvalue weighted by atomic mass is 10.0. The number of carbonyl (C=O) groups excluding carboxylic acids is 4. The Morgan fingerprint density at radius 2 is 1.87 bits per heavy atom. The minimum atomic E-state index is -0.870. The number of nitrogens with zero attached hydrogens (tertiary/aromatic N) is 1. The van der Waals surface area contributed by atoms with E-state index < -0.39 is 35.1 Å². The number of halogens is 2. The van der Waals surface area contributed by atoms with Crippen LogP contribution < -0.4 is 10.6 Å². The van der Waals surface area contributed by atoms with Gasteiger partial charge in [-0.3, -0.25) is 24.5 Å². The molecule has 2 aromatic carbocycles. The molecule has 1 atom stereocenters. The van der Waals surface area contributed by atoms with Gasteiger partial charge in [0.1, 0.15) is 17.7 Å². The lowest BCUT2D eigenvalue weighted by Gasteiger charge is -2.29. The number of rotatable bonds is 2. The van der Waals surface area contributed by atoms with Crippen LogP contribution in [0.5, 0.6) is 0 Å². The zero-order chi connectivity index (χ0) is 22.1. The normalized spacial score (nSPS) is 17.5. The van der Waals surface area contributed by atoms with Gasteiger partial charge in [0, 0.05) is 30.1 Å². The van der Waals surface area contributed by atoms with Gasteiger partial charge in [-0.15, -0.1) is 0 Å². The average molecular weight is 423 g/mol. The van der Waals surface area contributed by atoms with Gasteiger partial charge in [-0.05, 0) is 42.3 Å². The fourth-order valence-corrected chi connectivity index (χ4v) is 3.55. The van der Waals surface area contributed by atoms with Crippen molar-refractivity contribution in [2.45, 2.75) is 25.4 Å². The van der Waals surface area contributed by atoms with E-state index in [1.165, 1.54) is 23.1 Å². The molecule has 2 aromatic rings. The SMILES string of the molecule is O=C(C#Cc1c(F)cccc1F)Nc1ccc2c(c1)CN(C1CCC(=O)NC1=O)C2=O. The van der Waals surface area contributed by atoms with Gasteiger partial charge in [0.25, 0.3) is 5.91 Å². The van der Waals surface area contributed by atoms with Crippen molar-refractivity contribution < 1.29 is 28.0 Å². The number of piperidine rings is 1. The lowest BCUT2D eigenvalue weighted by molar-refractivity contribution is -0.136. The first-order chi connectivity index (χ1) is 14.8. The molecular weight excluding hydrogens is 408 g/mol. The van der Waals surface area contributed by atoms with Crippen LogP contribution in [0.15, 0.2) is 36.4 Å². The maximum absolute atomic E-state index is 13.6. The number of nitrogens with one attached hydrogen (secondary N) is 2. The zero-order valence-corrected chi connectivity index (χ0v) is 16.0. The Labute approximate surface area is 175 Å². The Morgan fingerprint density at radius 3 is 2.58 bits per heavy atom. The average Bonchev–Trinajstić information content (AvgIpc) is 3.03. The molecule has 2 aliphatic rings.